The predicted octanol–water partition coefficient (Wildman–Crippen LogP) is 3.09. The zero-order chi connectivity index (χ0) is 17.7. The number of aromatic carboxylic acids is 1. The second-order valence-electron chi connectivity index (χ2n) is 5.95. The molecular weight excluding hydrogens is 304 g/mol. The molecule has 0 saturated heterocycles. The quantitative estimate of drug-likeness (QED) is 0.680. The van der Waals surface area contributed by atoms with Gasteiger partial charge in [0.25, 0.3) is 0 Å². The van der Waals surface area contributed by atoms with Crippen LogP contribution in [0, 0.1) is 0 Å². The van der Waals surface area contributed by atoms with Crippen molar-refractivity contribution < 1.29 is 14.7 Å². The van der Waals surface area contributed by atoms with Crippen LogP contribution < -0.4 is 11.1 Å². The van der Waals surface area contributed by atoms with Gasteiger partial charge in [-0.3, -0.25) is 4.79 Å². The first-order valence-corrected chi connectivity index (χ1v) is 7.86. The molecule has 5 nitrogen and oxygen atoms in total. The summed E-state index contributed by atoms with van der Waals surface area (Å²) in [7, 11) is 0. The van der Waals surface area contributed by atoms with E-state index in [0.717, 1.165) is 11.3 Å². The smallest absolute Gasteiger partial charge is 0.335 e. The van der Waals surface area contributed by atoms with Crippen molar-refractivity contribution in [1.29, 1.82) is 0 Å². The largest absolute Gasteiger partial charge is 0.478 e. The van der Waals surface area contributed by atoms with Gasteiger partial charge in [0.15, 0.2) is 5.78 Å². The standard InChI is InChI=1S/C19H22N2O3/c1-12(2)21-17-8-7-13(11-20)9-16(17)18(22)10-14-5-3-4-6-15(14)19(23)24/h3-9,12,21H,10-11,20H2,1-2H3,(H,23,24). The number of nitrogens with one attached hydrogen (secondary N) is 1. The minimum Gasteiger partial charge on any atom is -0.478 e. The Morgan fingerprint density at radius 2 is 1.83 bits per heavy atom. The number of ketones is 1. The van der Waals surface area contributed by atoms with E-state index in [2.05, 4.69) is 5.32 Å². The molecule has 0 saturated carbocycles. The summed E-state index contributed by atoms with van der Waals surface area (Å²) in [6.45, 7) is 4.32. The maximum Gasteiger partial charge on any atom is 0.335 e. The van der Waals surface area contributed by atoms with Gasteiger partial charge in [0, 0.05) is 30.3 Å². The molecule has 0 spiro atoms. The summed E-state index contributed by atoms with van der Waals surface area (Å²) in [5.74, 6) is -1.17. The van der Waals surface area contributed by atoms with Gasteiger partial charge in [-0.15, -0.1) is 0 Å². The molecule has 2 aromatic carbocycles. The molecule has 24 heavy (non-hydrogen) atoms. The molecule has 0 aliphatic carbocycles. The Hall–Kier alpha value is -2.66. The first-order chi connectivity index (χ1) is 11.4. The van der Waals surface area contributed by atoms with Crippen LogP contribution in [-0.4, -0.2) is 22.9 Å². The van der Waals surface area contributed by atoms with Gasteiger partial charge in [-0.1, -0.05) is 24.3 Å². The van der Waals surface area contributed by atoms with Crippen LogP contribution >= 0.6 is 0 Å². The Kier molecular flexibility index (Phi) is 5.71. The van der Waals surface area contributed by atoms with Crippen LogP contribution in [0.2, 0.25) is 0 Å². The van der Waals surface area contributed by atoms with Gasteiger partial charge >= 0.3 is 5.97 Å². The molecule has 0 unspecified atom stereocenters. The number of anilines is 1. The Labute approximate surface area is 141 Å². The Balaban J connectivity index is 2.37. The average Bonchev–Trinajstić information content (AvgIpc) is 2.55. The lowest BCUT2D eigenvalue weighted by molar-refractivity contribution is 0.0696. The van der Waals surface area contributed by atoms with E-state index in [9.17, 15) is 14.7 Å². The maximum atomic E-state index is 12.8. The normalized spacial score (nSPS) is 10.7. The number of Topliss-reactive ketones (excluding diaryl/α,β-unsaturated/α-hetero) is 1. The third kappa shape index (κ3) is 4.20. The number of hydrogen-bond donors (Lipinski definition) is 3. The fourth-order valence-corrected chi connectivity index (χ4v) is 2.54. The third-order valence-corrected chi connectivity index (χ3v) is 3.66. The van der Waals surface area contributed by atoms with E-state index in [1.54, 1.807) is 24.3 Å². The molecule has 0 radical (unpaired) electrons. The number of benzene rings is 2. The first-order valence-electron chi connectivity index (χ1n) is 7.86. The Morgan fingerprint density at radius 3 is 2.46 bits per heavy atom. The Morgan fingerprint density at radius 1 is 1.12 bits per heavy atom. The lowest BCUT2D eigenvalue weighted by Gasteiger charge is -2.16. The number of hydrogen-bond acceptors (Lipinski definition) is 4. The summed E-state index contributed by atoms with van der Waals surface area (Å²) in [5.41, 5.74) is 8.46. The molecule has 0 fully saturated rings. The van der Waals surface area contributed by atoms with E-state index in [1.807, 2.05) is 26.0 Å². The zero-order valence-corrected chi connectivity index (χ0v) is 13.9. The summed E-state index contributed by atoms with van der Waals surface area (Å²) < 4.78 is 0. The molecule has 5 heteroatoms. The van der Waals surface area contributed by atoms with Gasteiger partial charge in [-0.25, -0.2) is 4.79 Å². The summed E-state index contributed by atoms with van der Waals surface area (Å²) in [4.78, 5) is 24.1. The van der Waals surface area contributed by atoms with Crippen molar-refractivity contribution in [1.82, 2.24) is 0 Å². The van der Waals surface area contributed by atoms with E-state index < -0.39 is 5.97 Å². The van der Waals surface area contributed by atoms with Crippen molar-refractivity contribution in [3.8, 4) is 0 Å². The van der Waals surface area contributed by atoms with Crippen molar-refractivity contribution in [2.45, 2.75) is 32.9 Å². The van der Waals surface area contributed by atoms with Crippen molar-refractivity contribution in [3.63, 3.8) is 0 Å². The third-order valence-electron chi connectivity index (χ3n) is 3.66. The number of carbonyl (C=O) groups is 2. The number of carboxylic acids is 1. The van der Waals surface area contributed by atoms with Gasteiger partial charge in [0.2, 0.25) is 0 Å². The van der Waals surface area contributed by atoms with Crippen LogP contribution in [0.3, 0.4) is 0 Å². The predicted molar refractivity (Wildman–Crippen MR) is 94.5 cm³/mol. The lowest BCUT2D eigenvalue weighted by Crippen LogP contribution is -2.16. The summed E-state index contributed by atoms with van der Waals surface area (Å²) >= 11 is 0. The minimum absolute atomic E-state index is 0.0310. The molecule has 0 amide bonds. The molecule has 0 bridgehead atoms. The van der Waals surface area contributed by atoms with E-state index in [-0.39, 0.29) is 23.8 Å². The Bertz CT molecular complexity index is 754. The number of nitrogens with two attached hydrogens (primary N) is 1. The van der Waals surface area contributed by atoms with Crippen LogP contribution in [0.25, 0.3) is 0 Å². The second-order valence-corrected chi connectivity index (χ2v) is 5.95. The van der Waals surface area contributed by atoms with Crippen molar-refractivity contribution in [2.24, 2.45) is 5.73 Å². The van der Waals surface area contributed by atoms with E-state index in [4.69, 9.17) is 5.73 Å². The molecule has 0 atom stereocenters. The first kappa shape index (κ1) is 17.7. The molecule has 2 aromatic rings. The van der Waals surface area contributed by atoms with Gasteiger partial charge in [0.1, 0.15) is 0 Å². The van der Waals surface area contributed by atoms with Gasteiger partial charge in [-0.05, 0) is 43.2 Å². The molecule has 0 aromatic heterocycles. The van der Waals surface area contributed by atoms with Crippen molar-refractivity contribution in [3.05, 3.63) is 64.7 Å². The fourth-order valence-electron chi connectivity index (χ4n) is 2.54. The lowest BCUT2D eigenvalue weighted by atomic mass is 9.96. The summed E-state index contributed by atoms with van der Waals surface area (Å²) in [6, 6.07) is 12.2. The van der Waals surface area contributed by atoms with Crippen molar-refractivity contribution in [2.75, 3.05) is 5.32 Å². The molecule has 0 aliphatic heterocycles. The van der Waals surface area contributed by atoms with Gasteiger partial charge in [-0.2, -0.15) is 0 Å². The SMILES string of the molecule is CC(C)Nc1ccc(CN)cc1C(=O)Cc1ccccc1C(=O)O. The zero-order valence-electron chi connectivity index (χ0n) is 13.9. The fraction of sp³-hybridized carbons (Fsp3) is 0.263. The maximum absolute atomic E-state index is 12.8. The van der Waals surface area contributed by atoms with Crippen LogP contribution in [0.1, 0.15) is 45.7 Å². The topological polar surface area (TPSA) is 92.4 Å². The van der Waals surface area contributed by atoms with E-state index in [1.165, 1.54) is 6.07 Å². The monoisotopic (exact) mass is 326 g/mol. The van der Waals surface area contributed by atoms with Crippen LogP contribution in [0.4, 0.5) is 5.69 Å². The molecule has 2 rings (SSSR count). The molecule has 0 aliphatic rings. The summed E-state index contributed by atoms with van der Waals surface area (Å²) in [6.07, 6.45) is 0.0310. The highest BCUT2D eigenvalue weighted by Gasteiger charge is 2.17. The highest BCUT2D eigenvalue weighted by atomic mass is 16.4. The average molecular weight is 326 g/mol. The molecule has 0 heterocycles. The second kappa shape index (κ2) is 7.75. The highest BCUT2D eigenvalue weighted by molar-refractivity contribution is 6.03. The molecule has 4 N–H and O–H groups in total. The van der Waals surface area contributed by atoms with Gasteiger partial charge < -0.3 is 16.2 Å². The van der Waals surface area contributed by atoms with Crippen LogP contribution in [0.5, 0.6) is 0 Å². The van der Waals surface area contributed by atoms with Crippen LogP contribution in [0.15, 0.2) is 42.5 Å². The van der Waals surface area contributed by atoms with Crippen LogP contribution in [-0.2, 0) is 13.0 Å². The molecular formula is C19H22N2O3. The molecule has 126 valence electrons. The van der Waals surface area contributed by atoms with Crippen molar-refractivity contribution >= 4 is 17.4 Å². The number of carbonyl (C=O) groups excluding carboxylic acids is 1. The number of rotatable bonds is 7. The number of carboxylic acid groups (broad SMARTS) is 1. The van der Waals surface area contributed by atoms with E-state index in [0.29, 0.717) is 17.7 Å². The van der Waals surface area contributed by atoms with Gasteiger partial charge in [0.05, 0.1) is 5.56 Å². The summed E-state index contributed by atoms with van der Waals surface area (Å²) in [5, 5.41) is 12.5. The minimum atomic E-state index is -1.03. The highest BCUT2D eigenvalue weighted by Crippen LogP contribution is 2.22. The van der Waals surface area contributed by atoms with E-state index >= 15 is 0 Å².